The maximum atomic E-state index is 11.7. The lowest BCUT2D eigenvalue weighted by Gasteiger charge is -2.16. The third-order valence-electron chi connectivity index (χ3n) is 3.69. The highest BCUT2D eigenvalue weighted by Gasteiger charge is 2.20. The number of nitrogens with zero attached hydrogens (tertiary/aromatic N) is 1. The average molecular weight is 305 g/mol. The van der Waals surface area contributed by atoms with Gasteiger partial charge in [0.25, 0.3) is 0 Å². The minimum Gasteiger partial charge on any atom is -0.383 e. The lowest BCUT2D eigenvalue weighted by atomic mass is 10.1. The molecular weight excluding hydrogens is 282 g/mol. The van der Waals surface area contributed by atoms with Gasteiger partial charge in [-0.15, -0.1) is 0 Å². The molecule has 6 nitrogen and oxygen atoms in total. The molecule has 0 aliphatic carbocycles. The Morgan fingerprint density at radius 3 is 2.91 bits per heavy atom. The van der Waals surface area contributed by atoms with E-state index < -0.39 is 6.04 Å². The first-order valence-electron chi connectivity index (χ1n) is 7.48. The first-order chi connectivity index (χ1) is 10.6. The summed E-state index contributed by atoms with van der Waals surface area (Å²) in [5.41, 5.74) is 7.73. The van der Waals surface area contributed by atoms with Crippen LogP contribution in [0.15, 0.2) is 24.3 Å². The molecule has 0 bridgehead atoms. The SMILES string of the molecule is COCC(N)C(=O)NCc1cccc(CN2CCCC2=O)c1. The van der Waals surface area contributed by atoms with Gasteiger partial charge >= 0.3 is 0 Å². The summed E-state index contributed by atoms with van der Waals surface area (Å²) in [6, 6.07) is 7.22. The predicted molar refractivity (Wildman–Crippen MR) is 82.8 cm³/mol. The molecule has 1 heterocycles. The molecule has 1 aromatic rings. The van der Waals surface area contributed by atoms with Gasteiger partial charge in [0.05, 0.1) is 6.61 Å². The Kier molecular flexibility index (Phi) is 5.91. The zero-order chi connectivity index (χ0) is 15.9. The minimum absolute atomic E-state index is 0.197. The van der Waals surface area contributed by atoms with Gasteiger partial charge in [-0.25, -0.2) is 0 Å². The number of nitrogens with two attached hydrogens (primary N) is 1. The van der Waals surface area contributed by atoms with Crippen LogP contribution in [0.25, 0.3) is 0 Å². The number of likely N-dealkylation sites (tertiary alicyclic amines) is 1. The van der Waals surface area contributed by atoms with Crippen LogP contribution >= 0.6 is 0 Å². The molecule has 22 heavy (non-hydrogen) atoms. The van der Waals surface area contributed by atoms with Crippen LogP contribution < -0.4 is 11.1 Å². The number of hydrogen-bond acceptors (Lipinski definition) is 4. The zero-order valence-corrected chi connectivity index (χ0v) is 12.9. The molecule has 0 aromatic heterocycles. The second-order valence-corrected chi connectivity index (χ2v) is 5.52. The predicted octanol–water partition coefficient (Wildman–Crippen LogP) is 0.399. The Balaban J connectivity index is 1.88. The average Bonchev–Trinajstić information content (AvgIpc) is 2.90. The number of benzene rings is 1. The number of methoxy groups -OCH3 is 1. The van der Waals surface area contributed by atoms with Crippen molar-refractivity contribution in [1.29, 1.82) is 0 Å². The Labute approximate surface area is 130 Å². The molecular formula is C16H23N3O3. The monoisotopic (exact) mass is 305 g/mol. The molecule has 1 aromatic carbocycles. The minimum atomic E-state index is -0.657. The Hall–Kier alpha value is -1.92. The van der Waals surface area contributed by atoms with Gasteiger partial charge in [-0.05, 0) is 17.5 Å². The summed E-state index contributed by atoms with van der Waals surface area (Å²) in [6.07, 6.45) is 1.58. The standard InChI is InChI=1S/C16H23N3O3/c1-22-11-14(17)16(21)18-9-12-4-2-5-13(8-12)10-19-7-3-6-15(19)20/h2,4-5,8,14H,3,6-7,9-11,17H2,1H3,(H,18,21). The van der Waals surface area contributed by atoms with Crippen LogP contribution in [0.1, 0.15) is 24.0 Å². The summed E-state index contributed by atoms with van der Waals surface area (Å²) in [4.78, 5) is 25.3. The van der Waals surface area contributed by atoms with Crippen LogP contribution in [0.5, 0.6) is 0 Å². The number of ether oxygens (including phenoxy) is 1. The fraction of sp³-hybridized carbons (Fsp3) is 0.500. The third kappa shape index (κ3) is 4.54. The molecule has 1 saturated heterocycles. The molecule has 6 heteroatoms. The van der Waals surface area contributed by atoms with Crippen molar-refractivity contribution in [2.75, 3.05) is 20.3 Å². The molecule has 0 spiro atoms. The second-order valence-electron chi connectivity index (χ2n) is 5.52. The quantitative estimate of drug-likeness (QED) is 0.763. The smallest absolute Gasteiger partial charge is 0.239 e. The van der Waals surface area contributed by atoms with Gasteiger partial charge in [0, 0.05) is 33.2 Å². The van der Waals surface area contributed by atoms with Crippen molar-refractivity contribution in [2.24, 2.45) is 5.73 Å². The molecule has 2 amide bonds. The number of nitrogens with one attached hydrogen (secondary N) is 1. The number of rotatable bonds is 7. The van der Waals surface area contributed by atoms with E-state index in [9.17, 15) is 9.59 Å². The van der Waals surface area contributed by atoms with Crippen molar-refractivity contribution in [2.45, 2.75) is 32.0 Å². The van der Waals surface area contributed by atoms with Crippen molar-refractivity contribution < 1.29 is 14.3 Å². The van der Waals surface area contributed by atoms with Crippen molar-refractivity contribution >= 4 is 11.8 Å². The van der Waals surface area contributed by atoms with Gasteiger partial charge in [0.15, 0.2) is 0 Å². The van der Waals surface area contributed by atoms with Crippen LogP contribution in [-0.4, -0.2) is 43.0 Å². The lowest BCUT2D eigenvalue weighted by Crippen LogP contribution is -2.43. The summed E-state index contributed by atoms with van der Waals surface area (Å²) in [5, 5.41) is 2.79. The van der Waals surface area contributed by atoms with Crippen LogP contribution in [0.2, 0.25) is 0 Å². The molecule has 1 aliphatic heterocycles. The van der Waals surface area contributed by atoms with E-state index in [0.29, 0.717) is 19.5 Å². The van der Waals surface area contributed by atoms with Gasteiger partial charge in [-0.3, -0.25) is 9.59 Å². The van der Waals surface area contributed by atoms with E-state index in [2.05, 4.69) is 5.32 Å². The largest absolute Gasteiger partial charge is 0.383 e. The summed E-state index contributed by atoms with van der Waals surface area (Å²) >= 11 is 0. The number of hydrogen-bond donors (Lipinski definition) is 2. The first kappa shape index (κ1) is 16.5. The lowest BCUT2D eigenvalue weighted by molar-refractivity contribution is -0.128. The number of carbonyl (C=O) groups is 2. The maximum absolute atomic E-state index is 11.7. The highest BCUT2D eigenvalue weighted by molar-refractivity contribution is 5.81. The number of carbonyl (C=O) groups excluding carboxylic acids is 2. The van der Waals surface area contributed by atoms with Gasteiger partial charge < -0.3 is 20.7 Å². The Bertz CT molecular complexity index is 533. The molecule has 1 aliphatic rings. The van der Waals surface area contributed by atoms with E-state index in [1.807, 2.05) is 29.2 Å². The molecule has 1 unspecified atom stereocenters. The molecule has 3 N–H and O–H groups in total. The van der Waals surface area contributed by atoms with Crippen LogP contribution in [0.3, 0.4) is 0 Å². The van der Waals surface area contributed by atoms with Crippen molar-refractivity contribution in [1.82, 2.24) is 10.2 Å². The van der Waals surface area contributed by atoms with Crippen LogP contribution in [0.4, 0.5) is 0 Å². The molecule has 120 valence electrons. The maximum Gasteiger partial charge on any atom is 0.239 e. The summed E-state index contributed by atoms with van der Waals surface area (Å²) in [7, 11) is 1.51. The van der Waals surface area contributed by atoms with E-state index in [0.717, 1.165) is 24.1 Å². The van der Waals surface area contributed by atoms with Crippen molar-refractivity contribution in [3.05, 3.63) is 35.4 Å². The van der Waals surface area contributed by atoms with Crippen molar-refractivity contribution in [3.63, 3.8) is 0 Å². The van der Waals surface area contributed by atoms with Gasteiger partial charge in [-0.2, -0.15) is 0 Å². The normalized spacial score (nSPS) is 15.9. The fourth-order valence-corrected chi connectivity index (χ4v) is 2.51. The Morgan fingerprint density at radius 1 is 1.45 bits per heavy atom. The van der Waals surface area contributed by atoms with Crippen LogP contribution in [0, 0.1) is 0 Å². The van der Waals surface area contributed by atoms with E-state index in [-0.39, 0.29) is 18.4 Å². The van der Waals surface area contributed by atoms with E-state index in [1.54, 1.807) is 0 Å². The topological polar surface area (TPSA) is 84.7 Å². The summed E-state index contributed by atoms with van der Waals surface area (Å²) < 4.78 is 4.86. The first-order valence-corrected chi connectivity index (χ1v) is 7.48. The second kappa shape index (κ2) is 7.91. The third-order valence-corrected chi connectivity index (χ3v) is 3.69. The number of amides is 2. The molecule has 2 rings (SSSR count). The molecule has 1 fully saturated rings. The molecule has 1 atom stereocenters. The zero-order valence-electron chi connectivity index (χ0n) is 12.9. The molecule has 0 radical (unpaired) electrons. The van der Waals surface area contributed by atoms with Gasteiger partial charge in [-0.1, -0.05) is 24.3 Å². The van der Waals surface area contributed by atoms with E-state index >= 15 is 0 Å². The van der Waals surface area contributed by atoms with Gasteiger partial charge in [0.2, 0.25) is 11.8 Å². The van der Waals surface area contributed by atoms with Crippen LogP contribution in [-0.2, 0) is 27.4 Å². The highest BCUT2D eigenvalue weighted by Crippen LogP contribution is 2.15. The summed E-state index contributed by atoms with van der Waals surface area (Å²) in [5.74, 6) is -0.0220. The van der Waals surface area contributed by atoms with Gasteiger partial charge in [0.1, 0.15) is 6.04 Å². The molecule has 0 saturated carbocycles. The highest BCUT2D eigenvalue weighted by atomic mass is 16.5. The van der Waals surface area contributed by atoms with E-state index in [4.69, 9.17) is 10.5 Å². The van der Waals surface area contributed by atoms with Crippen molar-refractivity contribution in [3.8, 4) is 0 Å². The van der Waals surface area contributed by atoms with E-state index in [1.165, 1.54) is 7.11 Å². The summed E-state index contributed by atoms with van der Waals surface area (Å²) in [6.45, 7) is 2.07. The fourth-order valence-electron chi connectivity index (χ4n) is 2.51. The Morgan fingerprint density at radius 2 is 2.23 bits per heavy atom.